The van der Waals surface area contributed by atoms with Gasteiger partial charge >= 0.3 is 0 Å². The summed E-state index contributed by atoms with van der Waals surface area (Å²) < 4.78 is 1.76. The van der Waals surface area contributed by atoms with Crippen LogP contribution in [0.3, 0.4) is 0 Å². The lowest BCUT2D eigenvalue weighted by Gasteiger charge is -2.05. The van der Waals surface area contributed by atoms with E-state index in [0.29, 0.717) is 5.92 Å². The van der Waals surface area contributed by atoms with Gasteiger partial charge in [-0.2, -0.15) is 5.10 Å². The van der Waals surface area contributed by atoms with Crippen LogP contribution in [0.2, 0.25) is 0 Å². The highest BCUT2D eigenvalue weighted by Gasteiger charge is 2.15. The zero-order chi connectivity index (χ0) is 11.7. The molecular weight excluding hydrogens is 220 g/mol. The normalized spacial score (nSPS) is 13.3. The summed E-state index contributed by atoms with van der Waals surface area (Å²) in [6.07, 6.45) is 3.72. The summed E-state index contributed by atoms with van der Waals surface area (Å²) in [5, 5.41) is 7.15. The quantitative estimate of drug-likeness (QED) is 0.887. The highest BCUT2D eigenvalue weighted by atomic mass is 32.1. The molecule has 2 N–H and O–H groups in total. The summed E-state index contributed by atoms with van der Waals surface area (Å²) in [6, 6.07) is -0.161. The van der Waals surface area contributed by atoms with Gasteiger partial charge in [-0.1, -0.05) is 13.8 Å². The molecule has 0 aliphatic carbocycles. The van der Waals surface area contributed by atoms with Gasteiger partial charge in [-0.15, -0.1) is 11.3 Å². The van der Waals surface area contributed by atoms with Crippen LogP contribution in [0.25, 0.3) is 0 Å². The summed E-state index contributed by atoms with van der Waals surface area (Å²) in [5.41, 5.74) is 8.25. The summed E-state index contributed by atoms with van der Waals surface area (Å²) in [4.78, 5) is 4.55. The molecule has 0 fully saturated rings. The Morgan fingerprint density at radius 3 is 2.69 bits per heavy atom. The second kappa shape index (κ2) is 4.35. The van der Waals surface area contributed by atoms with Crippen LogP contribution >= 0.6 is 11.3 Å². The van der Waals surface area contributed by atoms with Crippen molar-refractivity contribution in [2.24, 2.45) is 12.8 Å². The molecular formula is C11H16N4S. The van der Waals surface area contributed by atoms with Crippen LogP contribution in [0, 0.1) is 0 Å². The van der Waals surface area contributed by atoms with Crippen LogP contribution in [0.5, 0.6) is 0 Å². The van der Waals surface area contributed by atoms with Crippen molar-refractivity contribution in [3.63, 3.8) is 0 Å². The number of rotatable bonds is 3. The van der Waals surface area contributed by atoms with Gasteiger partial charge in [0.2, 0.25) is 0 Å². The van der Waals surface area contributed by atoms with Gasteiger partial charge in [-0.05, 0) is 5.92 Å². The minimum absolute atomic E-state index is 0.161. The average molecular weight is 236 g/mol. The Hall–Kier alpha value is -1.20. The molecule has 0 aromatic carbocycles. The molecule has 0 radical (unpaired) electrons. The number of hydrogen-bond acceptors (Lipinski definition) is 4. The molecule has 1 unspecified atom stereocenters. The van der Waals surface area contributed by atoms with E-state index in [4.69, 9.17) is 5.73 Å². The van der Waals surface area contributed by atoms with Gasteiger partial charge in [0.1, 0.15) is 5.01 Å². The Morgan fingerprint density at radius 2 is 2.19 bits per heavy atom. The Labute approximate surface area is 99.1 Å². The van der Waals surface area contributed by atoms with E-state index < -0.39 is 0 Å². The van der Waals surface area contributed by atoms with Crippen LogP contribution in [-0.2, 0) is 7.05 Å². The smallest absolute Gasteiger partial charge is 0.114 e. The zero-order valence-corrected chi connectivity index (χ0v) is 10.5. The van der Waals surface area contributed by atoms with E-state index in [-0.39, 0.29) is 6.04 Å². The molecule has 0 amide bonds. The number of hydrogen-bond donors (Lipinski definition) is 1. The maximum Gasteiger partial charge on any atom is 0.114 e. The number of nitrogens with zero attached hydrogens (tertiary/aromatic N) is 3. The Morgan fingerprint density at radius 1 is 1.44 bits per heavy atom. The fourth-order valence-corrected chi connectivity index (χ4v) is 2.46. The molecule has 0 bridgehead atoms. The van der Waals surface area contributed by atoms with E-state index in [1.165, 1.54) is 0 Å². The zero-order valence-electron chi connectivity index (χ0n) is 9.71. The lowest BCUT2D eigenvalue weighted by atomic mass is 10.1. The first-order valence-electron chi connectivity index (χ1n) is 5.27. The summed E-state index contributed by atoms with van der Waals surface area (Å²) in [7, 11) is 1.89. The van der Waals surface area contributed by atoms with Crippen molar-refractivity contribution in [2.45, 2.75) is 25.8 Å². The van der Waals surface area contributed by atoms with Crippen molar-refractivity contribution in [3.8, 4) is 0 Å². The predicted octanol–water partition coefficient (Wildman–Crippen LogP) is 2.05. The first-order valence-corrected chi connectivity index (χ1v) is 6.15. The van der Waals surface area contributed by atoms with E-state index in [2.05, 4.69) is 29.3 Å². The van der Waals surface area contributed by atoms with Crippen LogP contribution in [0.15, 0.2) is 17.8 Å². The van der Waals surface area contributed by atoms with Gasteiger partial charge in [-0.25, -0.2) is 4.98 Å². The first-order chi connectivity index (χ1) is 7.58. The molecule has 1 atom stereocenters. The van der Waals surface area contributed by atoms with Gasteiger partial charge in [0.25, 0.3) is 0 Å². The fraction of sp³-hybridized carbons (Fsp3) is 0.455. The topological polar surface area (TPSA) is 56.7 Å². The Balaban J connectivity index is 2.23. The lowest BCUT2D eigenvalue weighted by Crippen LogP contribution is -2.11. The second-order valence-corrected chi connectivity index (χ2v) is 5.08. The molecule has 2 aromatic rings. The molecule has 0 saturated heterocycles. The summed E-state index contributed by atoms with van der Waals surface area (Å²) in [6.45, 7) is 4.27. The van der Waals surface area contributed by atoms with Gasteiger partial charge in [0.15, 0.2) is 0 Å². The first kappa shape index (κ1) is 11.3. The maximum atomic E-state index is 6.14. The Kier molecular flexibility index (Phi) is 3.07. The molecule has 4 nitrogen and oxygen atoms in total. The van der Waals surface area contributed by atoms with E-state index in [1.807, 2.05) is 13.2 Å². The molecule has 86 valence electrons. The molecule has 5 heteroatoms. The van der Waals surface area contributed by atoms with Gasteiger partial charge in [-0.3, -0.25) is 4.68 Å². The number of aryl methyl sites for hydroxylation is 1. The number of thiazole rings is 1. The van der Waals surface area contributed by atoms with E-state index >= 15 is 0 Å². The molecule has 0 spiro atoms. The summed E-state index contributed by atoms with van der Waals surface area (Å²) in [5.74, 6) is 0.450. The summed E-state index contributed by atoms with van der Waals surface area (Å²) >= 11 is 1.62. The third-order valence-corrected chi connectivity index (χ3v) is 3.43. The van der Waals surface area contributed by atoms with Crippen molar-refractivity contribution in [2.75, 3.05) is 0 Å². The molecule has 0 saturated carbocycles. The maximum absolute atomic E-state index is 6.14. The molecule has 16 heavy (non-hydrogen) atoms. The number of aromatic nitrogens is 3. The molecule has 2 aromatic heterocycles. The second-order valence-electron chi connectivity index (χ2n) is 4.19. The average Bonchev–Trinajstić information content (AvgIpc) is 2.84. The van der Waals surface area contributed by atoms with Crippen LogP contribution in [0.1, 0.15) is 42.1 Å². The van der Waals surface area contributed by atoms with Gasteiger partial charge in [0, 0.05) is 24.2 Å². The lowest BCUT2D eigenvalue weighted by molar-refractivity contribution is 0.763. The fourth-order valence-electron chi connectivity index (χ4n) is 1.45. The molecule has 2 heterocycles. The third-order valence-electron chi connectivity index (χ3n) is 2.48. The van der Waals surface area contributed by atoms with Crippen LogP contribution < -0.4 is 5.73 Å². The van der Waals surface area contributed by atoms with E-state index in [9.17, 15) is 0 Å². The number of nitrogens with two attached hydrogens (primary N) is 1. The monoisotopic (exact) mass is 236 g/mol. The SMILES string of the molecule is CC(C)c1csc(C(N)c2cnn(C)c2)n1. The minimum Gasteiger partial charge on any atom is -0.318 e. The van der Waals surface area contributed by atoms with Crippen molar-refractivity contribution in [1.82, 2.24) is 14.8 Å². The van der Waals surface area contributed by atoms with E-state index in [0.717, 1.165) is 16.3 Å². The highest BCUT2D eigenvalue weighted by molar-refractivity contribution is 7.09. The van der Waals surface area contributed by atoms with Crippen molar-refractivity contribution in [3.05, 3.63) is 34.0 Å². The van der Waals surface area contributed by atoms with Crippen LogP contribution in [0.4, 0.5) is 0 Å². The minimum atomic E-state index is -0.161. The predicted molar refractivity (Wildman–Crippen MR) is 65.4 cm³/mol. The van der Waals surface area contributed by atoms with Gasteiger partial charge in [0.05, 0.1) is 17.9 Å². The molecule has 0 aliphatic heterocycles. The van der Waals surface area contributed by atoms with Crippen molar-refractivity contribution < 1.29 is 0 Å². The van der Waals surface area contributed by atoms with E-state index in [1.54, 1.807) is 22.2 Å². The van der Waals surface area contributed by atoms with Crippen molar-refractivity contribution in [1.29, 1.82) is 0 Å². The van der Waals surface area contributed by atoms with Crippen LogP contribution in [-0.4, -0.2) is 14.8 Å². The highest BCUT2D eigenvalue weighted by Crippen LogP contribution is 2.25. The largest absolute Gasteiger partial charge is 0.318 e. The molecule has 0 aliphatic rings. The third kappa shape index (κ3) is 2.15. The molecule has 2 rings (SSSR count). The standard InChI is InChI=1S/C11H16N4S/c1-7(2)9-6-16-11(14-9)10(12)8-4-13-15(3)5-8/h4-7,10H,12H2,1-3H3. The van der Waals surface area contributed by atoms with Gasteiger partial charge < -0.3 is 5.73 Å². The Bertz CT molecular complexity index is 472. The van der Waals surface area contributed by atoms with Crippen molar-refractivity contribution >= 4 is 11.3 Å².